The van der Waals surface area contributed by atoms with Gasteiger partial charge in [-0.1, -0.05) is 18.2 Å². The van der Waals surface area contributed by atoms with Gasteiger partial charge in [-0.05, 0) is 50.2 Å². The molecule has 6 heteroatoms. The summed E-state index contributed by atoms with van der Waals surface area (Å²) in [5.74, 6) is 1.30. The fourth-order valence-electron chi connectivity index (χ4n) is 3.00. The van der Waals surface area contributed by atoms with Crippen molar-refractivity contribution < 1.29 is 9.21 Å². The van der Waals surface area contributed by atoms with Crippen LogP contribution in [0, 0.1) is 6.92 Å². The van der Waals surface area contributed by atoms with Gasteiger partial charge in [-0.25, -0.2) is 4.68 Å². The molecule has 0 aliphatic heterocycles. The van der Waals surface area contributed by atoms with Gasteiger partial charge in [-0.2, -0.15) is 5.10 Å². The number of furan rings is 1. The Morgan fingerprint density at radius 2 is 1.93 bits per heavy atom. The second-order valence-electron chi connectivity index (χ2n) is 6.56. The molecular formula is C22H20N4O2. The highest BCUT2D eigenvalue weighted by molar-refractivity contribution is 6.00. The maximum absolute atomic E-state index is 13.0. The van der Waals surface area contributed by atoms with E-state index in [1.807, 2.05) is 68.4 Å². The lowest BCUT2D eigenvalue weighted by Crippen LogP contribution is -2.26. The number of nitrogens with one attached hydrogen (secondary N) is 1. The van der Waals surface area contributed by atoms with Crippen molar-refractivity contribution in [2.24, 2.45) is 0 Å². The minimum absolute atomic E-state index is 0.220. The van der Waals surface area contributed by atoms with Crippen molar-refractivity contribution in [2.75, 3.05) is 0 Å². The highest BCUT2D eigenvalue weighted by atomic mass is 16.3. The molecule has 4 aromatic rings. The molecule has 4 rings (SSSR count). The van der Waals surface area contributed by atoms with Crippen molar-refractivity contribution in [3.63, 3.8) is 0 Å². The van der Waals surface area contributed by atoms with Crippen LogP contribution in [-0.2, 0) is 0 Å². The van der Waals surface area contributed by atoms with Crippen molar-refractivity contribution in [3.05, 3.63) is 90.3 Å². The molecule has 0 spiro atoms. The van der Waals surface area contributed by atoms with Crippen molar-refractivity contribution >= 4 is 5.91 Å². The number of carbonyl (C=O) groups is 1. The standard InChI is InChI=1S/C22H20N4O2/c1-15-10-11-20(28-15)16(2)24-22(27)19-14-26(18-8-4-3-5-9-18)25-21(19)17-7-6-12-23-13-17/h3-14,16H,1-2H3,(H,24,27). The number of hydrogen-bond acceptors (Lipinski definition) is 4. The average molecular weight is 372 g/mol. The molecule has 0 saturated carbocycles. The molecule has 140 valence electrons. The first-order valence-corrected chi connectivity index (χ1v) is 9.04. The van der Waals surface area contributed by atoms with Crippen LogP contribution >= 0.6 is 0 Å². The van der Waals surface area contributed by atoms with Crippen molar-refractivity contribution in [1.82, 2.24) is 20.1 Å². The lowest BCUT2D eigenvalue weighted by molar-refractivity contribution is 0.0935. The van der Waals surface area contributed by atoms with Gasteiger partial charge in [-0.15, -0.1) is 0 Å². The number of carbonyl (C=O) groups excluding carboxylic acids is 1. The second kappa shape index (κ2) is 7.52. The van der Waals surface area contributed by atoms with Crippen LogP contribution in [-0.4, -0.2) is 20.7 Å². The molecule has 0 saturated heterocycles. The zero-order chi connectivity index (χ0) is 19.5. The van der Waals surface area contributed by atoms with E-state index in [2.05, 4.69) is 15.4 Å². The van der Waals surface area contributed by atoms with Gasteiger partial charge in [0.05, 0.1) is 17.3 Å². The summed E-state index contributed by atoms with van der Waals surface area (Å²) in [7, 11) is 0. The summed E-state index contributed by atoms with van der Waals surface area (Å²) in [6.45, 7) is 3.77. The quantitative estimate of drug-likeness (QED) is 0.566. The number of aromatic nitrogens is 3. The SMILES string of the molecule is Cc1ccc(C(C)NC(=O)c2cn(-c3ccccc3)nc2-c2cccnc2)o1. The minimum atomic E-state index is -0.261. The van der Waals surface area contributed by atoms with E-state index in [0.717, 1.165) is 17.0 Å². The maximum atomic E-state index is 13.0. The van der Waals surface area contributed by atoms with E-state index in [4.69, 9.17) is 4.42 Å². The number of aryl methyl sites for hydroxylation is 1. The maximum Gasteiger partial charge on any atom is 0.255 e. The molecule has 3 aromatic heterocycles. The molecular weight excluding hydrogens is 352 g/mol. The van der Waals surface area contributed by atoms with Crippen LogP contribution in [0.2, 0.25) is 0 Å². The number of amides is 1. The predicted octanol–water partition coefficient (Wildman–Crippen LogP) is 4.33. The molecule has 1 aromatic carbocycles. The first kappa shape index (κ1) is 17.7. The Morgan fingerprint density at radius 1 is 1.11 bits per heavy atom. The van der Waals surface area contributed by atoms with Crippen LogP contribution in [0.3, 0.4) is 0 Å². The van der Waals surface area contributed by atoms with Gasteiger partial charge in [0, 0.05) is 24.2 Å². The third-order valence-electron chi connectivity index (χ3n) is 4.45. The molecule has 0 aliphatic rings. The molecule has 1 N–H and O–H groups in total. The lowest BCUT2D eigenvalue weighted by atomic mass is 10.1. The Morgan fingerprint density at radius 3 is 2.61 bits per heavy atom. The van der Waals surface area contributed by atoms with E-state index < -0.39 is 0 Å². The molecule has 1 amide bonds. The van der Waals surface area contributed by atoms with Gasteiger partial charge in [0.1, 0.15) is 17.2 Å². The molecule has 6 nitrogen and oxygen atoms in total. The summed E-state index contributed by atoms with van der Waals surface area (Å²) < 4.78 is 7.33. The fraction of sp³-hybridized carbons (Fsp3) is 0.136. The van der Waals surface area contributed by atoms with Crippen LogP contribution in [0.1, 0.15) is 34.8 Å². The number of hydrogen-bond donors (Lipinski definition) is 1. The number of benzene rings is 1. The summed E-state index contributed by atoms with van der Waals surface area (Å²) in [5, 5.41) is 7.64. The summed E-state index contributed by atoms with van der Waals surface area (Å²) in [6.07, 6.45) is 5.14. The van der Waals surface area contributed by atoms with Gasteiger partial charge < -0.3 is 9.73 Å². The van der Waals surface area contributed by atoms with Gasteiger partial charge in [0.25, 0.3) is 5.91 Å². The van der Waals surface area contributed by atoms with E-state index in [1.165, 1.54) is 0 Å². The monoisotopic (exact) mass is 372 g/mol. The lowest BCUT2D eigenvalue weighted by Gasteiger charge is -2.11. The number of para-hydroxylation sites is 1. The van der Waals surface area contributed by atoms with Crippen LogP contribution in [0.5, 0.6) is 0 Å². The Bertz CT molecular complexity index is 1080. The largest absolute Gasteiger partial charge is 0.464 e. The average Bonchev–Trinajstić information content (AvgIpc) is 3.36. The van der Waals surface area contributed by atoms with E-state index >= 15 is 0 Å². The Kier molecular flexibility index (Phi) is 4.76. The zero-order valence-electron chi connectivity index (χ0n) is 15.7. The van der Waals surface area contributed by atoms with E-state index in [1.54, 1.807) is 23.3 Å². The third-order valence-corrected chi connectivity index (χ3v) is 4.45. The first-order valence-electron chi connectivity index (χ1n) is 9.04. The molecule has 0 fully saturated rings. The first-order chi connectivity index (χ1) is 13.6. The van der Waals surface area contributed by atoms with Gasteiger partial charge in [0.2, 0.25) is 0 Å². The van der Waals surface area contributed by atoms with Crippen LogP contribution < -0.4 is 5.32 Å². The van der Waals surface area contributed by atoms with Crippen LogP contribution in [0.4, 0.5) is 0 Å². The molecule has 0 radical (unpaired) electrons. The molecule has 28 heavy (non-hydrogen) atoms. The highest BCUT2D eigenvalue weighted by Crippen LogP contribution is 2.24. The third kappa shape index (κ3) is 3.57. The van der Waals surface area contributed by atoms with E-state index in [-0.39, 0.29) is 11.9 Å². The molecule has 0 bridgehead atoms. The molecule has 1 unspecified atom stereocenters. The summed E-state index contributed by atoms with van der Waals surface area (Å²) >= 11 is 0. The summed E-state index contributed by atoms with van der Waals surface area (Å²) in [4.78, 5) is 17.2. The topological polar surface area (TPSA) is 73.0 Å². The molecule has 1 atom stereocenters. The normalized spacial score (nSPS) is 11.9. The van der Waals surface area contributed by atoms with E-state index in [0.29, 0.717) is 17.0 Å². The Hall–Kier alpha value is -3.67. The van der Waals surface area contributed by atoms with Gasteiger partial charge in [-0.3, -0.25) is 9.78 Å². The summed E-state index contributed by atoms with van der Waals surface area (Å²) in [6, 6.07) is 16.9. The Labute approximate surface area is 162 Å². The fourth-order valence-corrected chi connectivity index (χ4v) is 3.00. The summed E-state index contributed by atoms with van der Waals surface area (Å²) in [5.41, 5.74) is 2.72. The number of rotatable bonds is 5. The predicted molar refractivity (Wildman–Crippen MR) is 106 cm³/mol. The number of nitrogens with zero attached hydrogens (tertiary/aromatic N) is 3. The van der Waals surface area contributed by atoms with Crippen molar-refractivity contribution in [1.29, 1.82) is 0 Å². The van der Waals surface area contributed by atoms with Crippen molar-refractivity contribution in [2.45, 2.75) is 19.9 Å². The van der Waals surface area contributed by atoms with Gasteiger partial charge >= 0.3 is 0 Å². The Balaban J connectivity index is 1.70. The number of pyridine rings is 1. The smallest absolute Gasteiger partial charge is 0.255 e. The van der Waals surface area contributed by atoms with Crippen LogP contribution in [0.25, 0.3) is 16.9 Å². The highest BCUT2D eigenvalue weighted by Gasteiger charge is 2.21. The second-order valence-corrected chi connectivity index (χ2v) is 6.56. The van der Waals surface area contributed by atoms with Crippen LogP contribution in [0.15, 0.2) is 77.6 Å². The van der Waals surface area contributed by atoms with Crippen molar-refractivity contribution in [3.8, 4) is 16.9 Å². The molecule has 3 heterocycles. The zero-order valence-corrected chi connectivity index (χ0v) is 15.7. The molecule has 0 aliphatic carbocycles. The van der Waals surface area contributed by atoms with Gasteiger partial charge in [0.15, 0.2) is 0 Å². The van der Waals surface area contributed by atoms with E-state index in [9.17, 15) is 4.79 Å². The minimum Gasteiger partial charge on any atom is -0.464 e.